The monoisotopic (exact) mass is 418 g/mol. The number of amides is 1. The molecule has 0 radical (unpaired) electrons. The predicted octanol–water partition coefficient (Wildman–Crippen LogP) is 4.70. The fraction of sp³-hybridized carbons (Fsp3) is 0.269. The van der Waals surface area contributed by atoms with Crippen molar-refractivity contribution in [1.82, 2.24) is 10.2 Å². The molecule has 1 aliphatic carbocycles. The van der Waals surface area contributed by atoms with Crippen molar-refractivity contribution in [3.63, 3.8) is 0 Å². The Morgan fingerprint density at radius 3 is 2.29 bits per heavy atom. The third-order valence-corrected chi connectivity index (χ3v) is 5.63. The second-order valence-corrected chi connectivity index (χ2v) is 7.91. The molecule has 1 saturated carbocycles. The zero-order valence-corrected chi connectivity index (χ0v) is 17.6. The Morgan fingerprint density at radius 1 is 1.00 bits per heavy atom. The fourth-order valence-electron chi connectivity index (χ4n) is 3.79. The molecule has 3 aromatic carbocycles. The quantitative estimate of drug-likeness (QED) is 0.547. The number of ether oxygens (including phenoxy) is 1. The van der Waals surface area contributed by atoms with E-state index in [0.29, 0.717) is 18.2 Å². The van der Waals surface area contributed by atoms with Crippen LogP contribution in [0.15, 0.2) is 78.9 Å². The van der Waals surface area contributed by atoms with Gasteiger partial charge in [0, 0.05) is 18.2 Å². The van der Waals surface area contributed by atoms with Gasteiger partial charge in [0.15, 0.2) is 0 Å². The molecule has 1 N–H and O–H groups in total. The van der Waals surface area contributed by atoms with Crippen LogP contribution in [-0.2, 0) is 11.3 Å². The van der Waals surface area contributed by atoms with Crippen molar-refractivity contribution in [3.05, 3.63) is 101 Å². The van der Waals surface area contributed by atoms with E-state index in [1.54, 1.807) is 19.2 Å². The third kappa shape index (κ3) is 5.50. The van der Waals surface area contributed by atoms with E-state index in [2.05, 4.69) is 10.2 Å². The molecule has 1 amide bonds. The highest BCUT2D eigenvalue weighted by molar-refractivity contribution is 5.79. The number of nitrogens with zero attached hydrogens (tertiary/aromatic N) is 1. The van der Waals surface area contributed by atoms with Crippen LogP contribution in [0.4, 0.5) is 4.39 Å². The first-order valence-electron chi connectivity index (χ1n) is 10.6. The average molecular weight is 419 g/mol. The van der Waals surface area contributed by atoms with Gasteiger partial charge in [0.05, 0.1) is 19.7 Å². The van der Waals surface area contributed by atoms with Crippen LogP contribution >= 0.6 is 0 Å². The molecular weight excluding hydrogens is 391 g/mol. The van der Waals surface area contributed by atoms with Gasteiger partial charge in [0.1, 0.15) is 11.6 Å². The van der Waals surface area contributed by atoms with Crippen molar-refractivity contribution in [2.75, 3.05) is 13.7 Å². The zero-order valence-electron chi connectivity index (χ0n) is 17.6. The van der Waals surface area contributed by atoms with Gasteiger partial charge in [-0.25, -0.2) is 4.39 Å². The summed E-state index contributed by atoms with van der Waals surface area (Å²) in [5, 5.41) is 3.19. The molecule has 0 unspecified atom stereocenters. The summed E-state index contributed by atoms with van der Waals surface area (Å²) in [4.78, 5) is 15.1. The molecule has 3 aromatic rings. The standard InChI is InChI=1S/C26H27FN2O2/c1-31-23-15-11-20(12-16-23)26(19-7-3-2-4-8-19)28-25(30)18-29(22-13-14-22)17-21-9-5-6-10-24(21)27/h2-12,15-16,22,26H,13-14,17-18H2,1H3,(H,28,30)/t26-/m0/s1. The highest BCUT2D eigenvalue weighted by Crippen LogP contribution is 2.29. The van der Waals surface area contributed by atoms with Crippen LogP contribution in [0, 0.1) is 5.82 Å². The number of carbonyl (C=O) groups excluding carboxylic acids is 1. The minimum Gasteiger partial charge on any atom is -0.497 e. The summed E-state index contributed by atoms with van der Waals surface area (Å²) >= 11 is 0. The van der Waals surface area contributed by atoms with E-state index >= 15 is 0 Å². The van der Waals surface area contributed by atoms with E-state index in [-0.39, 0.29) is 24.3 Å². The Morgan fingerprint density at radius 2 is 1.65 bits per heavy atom. The van der Waals surface area contributed by atoms with Gasteiger partial charge in [0.25, 0.3) is 0 Å². The molecule has 5 heteroatoms. The summed E-state index contributed by atoms with van der Waals surface area (Å²) in [6, 6.07) is 24.5. The van der Waals surface area contributed by atoms with Gasteiger partial charge in [-0.1, -0.05) is 60.7 Å². The van der Waals surface area contributed by atoms with Gasteiger partial charge >= 0.3 is 0 Å². The Kier molecular flexibility index (Phi) is 6.63. The Bertz CT molecular complexity index is 1000. The summed E-state index contributed by atoms with van der Waals surface area (Å²) in [6.07, 6.45) is 2.09. The maximum atomic E-state index is 14.1. The molecule has 31 heavy (non-hydrogen) atoms. The van der Waals surface area contributed by atoms with Gasteiger partial charge in [-0.15, -0.1) is 0 Å². The molecule has 0 heterocycles. The number of benzene rings is 3. The second kappa shape index (κ2) is 9.75. The van der Waals surface area contributed by atoms with Crippen LogP contribution in [0.2, 0.25) is 0 Å². The number of hydrogen-bond donors (Lipinski definition) is 1. The smallest absolute Gasteiger partial charge is 0.234 e. The molecule has 0 aliphatic heterocycles. The van der Waals surface area contributed by atoms with E-state index < -0.39 is 0 Å². The van der Waals surface area contributed by atoms with Crippen molar-refractivity contribution < 1.29 is 13.9 Å². The topological polar surface area (TPSA) is 41.6 Å². The highest BCUT2D eigenvalue weighted by atomic mass is 19.1. The van der Waals surface area contributed by atoms with Gasteiger partial charge in [0.2, 0.25) is 5.91 Å². The maximum Gasteiger partial charge on any atom is 0.234 e. The van der Waals surface area contributed by atoms with E-state index in [0.717, 1.165) is 29.7 Å². The minimum absolute atomic E-state index is 0.0760. The van der Waals surface area contributed by atoms with Gasteiger partial charge in [-0.05, 0) is 42.2 Å². The molecule has 4 rings (SSSR count). The first-order chi connectivity index (χ1) is 15.1. The van der Waals surface area contributed by atoms with E-state index in [4.69, 9.17) is 4.74 Å². The number of halogens is 1. The predicted molar refractivity (Wildman–Crippen MR) is 119 cm³/mol. The molecule has 0 aromatic heterocycles. The highest BCUT2D eigenvalue weighted by Gasteiger charge is 2.31. The molecule has 1 aliphatic rings. The lowest BCUT2D eigenvalue weighted by Gasteiger charge is -2.25. The molecule has 160 valence electrons. The first-order valence-corrected chi connectivity index (χ1v) is 10.6. The summed E-state index contributed by atoms with van der Waals surface area (Å²) in [6.45, 7) is 0.668. The van der Waals surface area contributed by atoms with Crippen LogP contribution in [-0.4, -0.2) is 30.5 Å². The number of carbonyl (C=O) groups is 1. The number of nitrogens with one attached hydrogen (secondary N) is 1. The van der Waals surface area contributed by atoms with Crippen LogP contribution in [0.3, 0.4) is 0 Å². The summed E-state index contributed by atoms with van der Waals surface area (Å²) < 4.78 is 19.4. The number of methoxy groups -OCH3 is 1. The Hall–Kier alpha value is -3.18. The molecule has 4 nitrogen and oxygen atoms in total. The van der Waals surface area contributed by atoms with Crippen LogP contribution in [0.1, 0.15) is 35.6 Å². The molecule has 0 spiro atoms. The fourth-order valence-corrected chi connectivity index (χ4v) is 3.79. The van der Waals surface area contributed by atoms with Crippen LogP contribution in [0.5, 0.6) is 5.75 Å². The first kappa shape index (κ1) is 21.1. The van der Waals surface area contributed by atoms with Crippen molar-refractivity contribution >= 4 is 5.91 Å². The van der Waals surface area contributed by atoms with Crippen molar-refractivity contribution in [2.45, 2.75) is 31.5 Å². The van der Waals surface area contributed by atoms with E-state index in [9.17, 15) is 9.18 Å². The lowest BCUT2D eigenvalue weighted by atomic mass is 9.98. The lowest BCUT2D eigenvalue weighted by molar-refractivity contribution is -0.123. The lowest BCUT2D eigenvalue weighted by Crippen LogP contribution is -2.40. The molecule has 1 fully saturated rings. The largest absolute Gasteiger partial charge is 0.497 e. The summed E-state index contributed by atoms with van der Waals surface area (Å²) in [5.74, 6) is 0.466. The number of hydrogen-bond acceptors (Lipinski definition) is 3. The van der Waals surface area contributed by atoms with Crippen LogP contribution < -0.4 is 10.1 Å². The third-order valence-electron chi connectivity index (χ3n) is 5.63. The van der Waals surface area contributed by atoms with Crippen molar-refractivity contribution in [3.8, 4) is 5.75 Å². The van der Waals surface area contributed by atoms with E-state index in [1.165, 1.54) is 6.07 Å². The minimum atomic E-state index is -0.269. The Balaban J connectivity index is 1.50. The van der Waals surface area contributed by atoms with Crippen molar-refractivity contribution in [1.29, 1.82) is 0 Å². The molecule has 0 bridgehead atoms. The SMILES string of the molecule is COc1ccc([C@@H](NC(=O)CN(Cc2ccccc2F)C2CC2)c2ccccc2)cc1. The molecule has 1 atom stereocenters. The van der Waals surface area contributed by atoms with Crippen LogP contribution in [0.25, 0.3) is 0 Å². The molecule has 0 saturated heterocycles. The van der Waals surface area contributed by atoms with Gasteiger partial charge < -0.3 is 10.1 Å². The summed E-state index contributed by atoms with van der Waals surface area (Å²) in [5.41, 5.74) is 2.61. The van der Waals surface area contributed by atoms with Gasteiger partial charge in [-0.3, -0.25) is 9.69 Å². The Labute approximate surface area is 182 Å². The zero-order chi connectivity index (χ0) is 21.6. The number of rotatable bonds is 9. The summed E-state index contributed by atoms with van der Waals surface area (Å²) in [7, 11) is 1.63. The molecular formula is C26H27FN2O2. The maximum absolute atomic E-state index is 14.1. The van der Waals surface area contributed by atoms with E-state index in [1.807, 2.05) is 60.7 Å². The normalized spacial score (nSPS) is 14.3. The van der Waals surface area contributed by atoms with Crippen molar-refractivity contribution in [2.24, 2.45) is 0 Å². The average Bonchev–Trinajstić information content (AvgIpc) is 3.65. The van der Waals surface area contributed by atoms with Gasteiger partial charge in [-0.2, -0.15) is 0 Å². The second-order valence-electron chi connectivity index (χ2n) is 7.91.